The molecule has 0 aliphatic heterocycles. The minimum Gasteiger partial charge on any atom is -0.507 e. The summed E-state index contributed by atoms with van der Waals surface area (Å²) in [6.45, 7) is 2.40. The maximum absolute atomic E-state index is 12.9. The fourth-order valence-electron chi connectivity index (χ4n) is 2.91. The molecule has 0 saturated heterocycles. The minimum atomic E-state index is -0.0811. The number of aryl methyl sites for hydroxylation is 1. The average Bonchev–Trinajstić information content (AvgIpc) is 2.86. The van der Waals surface area contributed by atoms with Crippen LogP contribution in [-0.2, 0) is 6.54 Å². The van der Waals surface area contributed by atoms with E-state index in [0.29, 0.717) is 29.0 Å². The lowest BCUT2D eigenvalue weighted by atomic mass is 9.97. The van der Waals surface area contributed by atoms with Crippen molar-refractivity contribution in [2.45, 2.75) is 13.5 Å². The van der Waals surface area contributed by atoms with Crippen LogP contribution in [0.4, 0.5) is 0 Å². The molecular formula is C19H20NO3+. The fourth-order valence-corrected chi connectivity index (χ4v) is 2.91. The summed E-state index contributed by atoms with van der Waals surface area (Å²) in [7, 11) is 4.01. The molecule has 0 amide bonds. The number of hydrogen-bond donors (Lipinski definition) is 2. The molecule has 0 saturated carbocycles. The highest BCUT2D eigenvalue weighted by Gasteiger charge is 2.24. The van der Waals surface area contributed by atoms with Crippen molar-refractivity contribution < 1.29 is 19.2 Å². The molecule has 1 aromatic heterocycles. The van der Waals surface area contributed by atoms with E-state index in [1.165, 1.54) is 0 Å². The van der Waals surface area contributed by atoms with Crippen LogP contribution >= 0.6 is 0 Å². The number of phenols is 1. The second kappa shape index (κ2) is 5.89. The SMILES string of the molecule is Cc1oc2ccc(O)c(C[NH+](C)C)c2c1C(=O)c1ccccc1. The summed E-state index contributed by atoms with van der Waals surface area (Å²) in [6.07, 6.45) is 0. The van der Waals surface area contributed by atoms with Gasteiger partial charge < -0.3 is 14.4 Å². The van der Waals surface area contributed by atoms with Crippen LogP contribution in [0, 0.1) is 6.92 Å². The highest BCUT2D eigenvalue weighted by atomic mass is 16.3. The Kier molecular flexibility index (Phi) is 3.92. The van der Waals surface area contributed by atoms with Gasteiger partial charge in [-0.25, -0.2) is 0 Å². The Balaban J connectivity index is 2.26. The van der Waals surface area contributed by atoms with Crippen LogP contribution in [0.25, 0.3) is 11.0 Å². The minimum absolute atomic E-state index is 0.0811. The summed E-state index contributed by atoms with van der Waals surface area (Å²) in [6, 6.07) is 12.5. The largest absolute Gasteiger partial charge is 0.507 e. The second-order valence-corrected chi connectivity index (χ2v) is 6.05. The molecule has 118 valence electrons. The van der Waals surface area contributed by atoms with E-state index in [2.05, 4.69) is 0 Å². The van der Waals surface area contributed by atoms with Crippen molar-refractivity contribution in [2.75, 3.05) is 14.1 Å². The lowest BCUT2D eigenvalue weighted by Crippen LogP contribution is -3.04. The van der Waals surface area contributed by atoms with Gasteiger partial charge in [0.15, 0.2) is 5.78 Å². The van der Waals surface area contributed by atoms with Crippen LogP contribution < -0.4 is 4.90 Å². The third-order valence-electron chi connectivity index (χ3n) is 3.91. The van der Waals surface area contributed by atoms with E-state index in [0.717, 1.165) is 15.8 Å². The zero-order valence-electron chi connectivity index (χ0n) is 13.5. The van der Waals surface area contributed by atoms with E-state index in [1.807, 2.05) is 32.3 Å². The number of carbonyl (C=O) groups is 1. The maximum Gasteiger partial charge on any atom is 0.197 e. The number of quaternary nitrogens is 1. The molecule has 0 unspecified atom stereocenters. The van der Waals surface area contributed by atoms with E-state index >= 15 is 0 Å². The molecule has 0 radical (unpaired) electrons. The Morgan fingerprint density at radius 2 is 1.83 bits per heavy atom. The molecule has 4 heteroatoms. The molecule has 3 aromatic rings. The number of phenolic OH excluding ortho intramolecular Hbond substituents is 1. The Bertz CT molecular complexity index is 863. The van der Waals surface area contributed by atoms with Gasteiger partial charge in [0.25, 0.3) is 0 Å². The summed E-state index contributed by atoms with van der Waals surface area (Å²) < 4.78 is 5.78. The third-order valence-corrected chi connectivity index (χ3v) is 3.91. The van der Waals surface area contributed by atoms with Crippen molar-refractivity contribution in [1.82, 2.24) is 0 Å². The average molecular weight is 310 g/mol. The number of rotatable bonds is 4. The van der Waals surface area contributed by atoms with Gasteiger partial charge in [0.05, 0.1) is 25.2 Å². The molecular weight excluding hydrogens is 290 g/mol. The number of fused-ring (bicyclic) bond motifs is 1. The molecule has 0 bridgehead atoms. The number of aromatic hydroxyl groups is 1. The highest BCUT2D eigenvalue weighted by Crippen LogP contribution is 2.34. The standard InChI is InChI=1S/C19H19NO3/c1-12-17(19(22)13-7-5-4-6-8-13)18-14(11-20(2)3)15(21)9-10-16(18)23-12/h4-10,21H,11H2,1-3H3/p+1. The Morgan fingerprint density at radius 3 is 2.48 bits per heavy atom. The van der Waals surface area contributed by atoms with Gasteiger partial charge in [0, 0.05) is 10.9 Å². The molecule has 2 N–H and O–H groups in total. The molecule has 2 aromatic carbocycles. The first kappa shape index (κ1) is 15.3. The molecule has 0 aliphatic carbocycles. The first-order chi connectivity index (χ1) is 11.0. The van der Waals surface area contributed by atoms with Gasteiger partial charge in [-0.05, 0) is 19.1 Å². The van der Waals surface area contributed by atoms with E-state index in [-0.39, 0.29) is 11.5 Å². The Labute approximate surface area is 135 Å². The lowest BCUT2D eigenvalue weighted by molar-refractivity contribution is -0.872. The van der Waals surface area contributed by atoms with Crippen molar-refractivity contribution >= 4 is 16.8 Å². The monoisotopic (exact) mass is 310 g/mol. The smallest absolute Gasteiger partial charge is 0.197 e. The zero-order valence-corrected chi connectivity index (χ0v) is 13.5. The van der Waals surface area contributed by atoms with Crippen LogP contribution in [0.3, 0.4) is 0 Å². The topological polar surface area (TPSA) is 54.9 Å². The molecule has 0 aliphatic rings. The fraction of sp³-hybridized carbons (Fsp3) is 0.211. The number of hydrogen-bond acceptors (Lipinski definition) is 3. The van der Waals surface area contributed by atoms with Crippen LogP contribution in [0.1, 0.15) is 27.2 Å². The first-order valence-corrected chi connectivity index (χ1v) is 7.61. The van der Waals surface area contributed by atoms with E-state index in [4.69, 9.17) is 4.42 Å². The quantitative estimate of drug-likeness (QED) is 0.727. The third kappa shape index (κ3) is 2.73. The predicted octanol–water partition coefficient (Wildman–Crippen LogP) is 2.32. The Morgan fingerprint density at radius 1 is 1.13 bits per heavy atom. The van der Waals surface area contributed by atoms with Gasteiger partial charge in [0.1, 0.15) is 23.6 Å². The van der Waals surface area contributed by atoms with Gasteiger partial charge in [-0.15, -0.1) is 0 Å². The van der Waals surface area contributed by atoms with Crippen molar-refractivity contribution in [1.29, 1.82) is 0 Å². The molecule has 0 fully saturated rings. The van der Waals surface area contributed by atoms with Gasteiger partial charge in [-0.1, -0.05) is 30.3 Å². The molecule has 4 nitrogen and oxygen atoms in total. The van der Waals surface area contributed by atoms with E-state index in [9.17, 15) is 9.90 Å². The molecule has 1 heterocycles. The summed E-state index contributed by atoms with van der Waals surface area (Å²) in [5.41, 5.74) is 2.54. The number of benzene rings is 2. The summed E-state index contributed by atoms with van der Waals surface area (Å²) >= 11 is 0. The van der Waals surface area contributed by atoms with Crippen molar-refractivity contribution in [3.8, 4) is 5.75 Å². The van der Waals surface area contributed by atoms with Gasteiger partial charge in [0.2, 0.25) is 0 Å². The number of nitrogens with one attached hydrogen (secondary N) is 1. The van der Waals surface area contributed by atoms with Crippen molar-refractivity contribution in [2.24, 2.45) is 0 Å². The van der Waals surface area contributed by atoms with Crippen molar-refractivity contribution in [3.05, 3.63) is 64.9 Å². The predicted molar refractivity (Wildman–Crippen MR) is 89.0 cm³/mol. The zero-order chi connectivity index (χ0) is 16.6. The first-order valence-electron chi connectivity index (χ1n) is 7.61. The second-order valence-electron chi connectivity index (χ2n) is 6.05. The highest BCUT2D eigenvalue weighted by molar-refractivity contribution is 6.17. The number of furan rings is 1. The van der Waals surface area contributed by atoms with Gasteiger partial charge in [-0.3, -0.25) is 4.79 Å². The van der Waals surface area contributed by atoms with E-state index < -0.39 is 0 Å². The molecule has 0 atom stereocenters. The number of carbonyl (C=O) groups excluding carboxylic acids is 1. The molecule has 0 spiro atoms. The summed E-state index contributed by atoms with van der Waals surface area (Å²) in [5.74, 6) is 0.693. The summed E-state index contributed by atoms with van der Waals surface area (Å²) in [4.78, 5) is 14.1. The van der Waals surface area contributed by atoms with E-state index in [1.54, 1.807) is 31.2 Å². The van der Waals surface area contributed by atoms with Gasteiger partial charge in [-0.2, -0.15) is 0 Å². The molecule has 23 heavy (non-hydrogen) atoms. The van der Waals surface area contributed by atoms with Crippen LogP contribution in [0.15, 0.2) is 46.9 Å². The van der Waals surface area contributed by atoms with Crippen LogP contribution in [-0.4, -0.2) is 25.0 Å². The maximum atomic E-state index is 12.9. The summed E-state index contributed by atoms with van der Waals surface area (Å²) in [5, 5.41) is 11.0. The lowest BCUT2D eigenvalue weighted by Gasteiger charge is -2.11. The van der Waals surface area contributed by atoms with Crippen LogP contribution in [0.5, 0.6) is 5.75 Å². The Hall–Kier alpha value is -2.59. The normalized spacial score (nSPS) is 11.3. The van der Waals surface area contributed by atoms with Crippen LogP contribution in [0.2, 0.25) is 0 Å². The molecule has 3 rings (SSSR count). The number of ketones is 1. The van der Waals surface area contributed by atoms with Gasteiger partial charge >= 0.3 is 0 Å². The van der Waals surface area contributed by atoms with Crippen molar-refractivity contribution in [3.63, 3.8) is 0 Å².